The van der Waals surface area contributed by atoms with Gasteiger partial charge in [0, 0.05) is 36.7 Å². The molecule has 0 aromatic carbocycles. The Morgan fingerprint density at radius 3 is 2.21 bits per heavy atom. The molecule has 0 saturated carbocycles. The van der Waals surface area contributed by atoms with E-state index in [0.29, 0.717) is 18.6 Å². The van der Waals surface area contributed by atoms with Gasteiger partial charge in [-0.15, -0.1) is 0 Å². The molecular weight excluding hydrogens is 277 g/mol. The van der Waals surface area contributed by atoms with Crippen LogP contribution in [0.2, 0.25) is 0 Å². The van der Waals surface area contributed by atoms with Crippen LogP contribution in [0.4, 0.5) is 18.3 Å². The lowest BCUT2D eigenvalue weighted by Crippen LogP contribution is -2.40. The number of hydrogen-bond donors (Lipinski definition) is 1. The average Bonchev–Trinajstić information content (AvgIpc) is 2.71. The predicted molar refractivity (Wildman–Crippen MR) is 70.4 cm³/mol. The molecule has 1 heterocycles. The van der Waals surface area contributed by atoms with Gasteiger partial charge < -0.3 is 5.32 Å². The van der Waals surface area contributed by atoms with Gasteiger partial charge in [-0.3, -0.25) is 4.90 Å². The summed E-state index contributed by atoms with van der Waals surface area (Å²) in [6.45, 7) is 9.65. The first kappa shape index (κ1) is 16.2. The molecule has 0 atom stereocenters. The molecule has 0 radical (unpaired) electrons. The highest BCUT2D eigenvalue weighted by molar-refractivity contribution is 7.09. The minimum atomic E-state index is -4.47. The third-order valence-electron chi connectivity index (χ3n) is 2.65. The number of aromatic nitrogens is 2. The summed E-state index contributed by atoms with van der Waals surface area (Å²) in [6, 6.07) is 0.781. The van der Waals surface area contributed by atoms with Gasteiger partial charge in [0.05, 0.1) is 0 Å². The molecule has 1 rings (SSSR count). The lowest BCUT2D eigenvalue weighted by Gasteiger charge is -2.30. The van der Waals surface area contributed by atoms with Crippen LogP contribution in [0, 0.1) is 0 Å². The zero-order valence-corrected chi connectivity index (χ0v) is 12.3. The van der Waals surface area contributed by atoms with E-state index in [1.165, 1.54) is 0 Å². The summed E-state index contributed by atoms with van der Waals surface area (Å²) < 4.78 is 40.2. The van der Waals surface area contributed by atoms with Gasteiger partial charge in [0.2, 0.25) is 11.0 Å². The van der Waals surface area contributed by atoms with Gasteiger partial charge in [0.25, 0.3) is 0 Å². The van der Waals surface area contributed by atoms with E-state index in [2.05, 4.69) is 47.3 Å². The highest BCUT2D eigenvalue weighted by Crippen LogP contribution is 2.28. The van der Waals surface area contributed by atoms with E-state index in [-0.39, 0.29) is 5.13 Å². The van der Waals surface area contributed by atoms with Crippen molar-refractivity contribution in [1.29, 1.82) is 0 Å². The molecule has 0 unspecified atom stereocenters. The number of halogens is 3. The summed E-state index contributed by atoms with van der Waals surface area (Å²) in [5.41, 5.74) is 0. The summed E-state index contributed by atoms with van der Waals surface area (Å²) in [5, 5.41) is 3.09. The highest BCUT2D eigenvalue weighted by Gasteiger charge is 2.36. The van der Waals surface area contributed by atoms with E-state index < -0.39 is 12.0 Å². The molecular formula is C11H19F3N4S. The zero-order chi connectivity index (χ0) is 14.6. The number of rotatable bonds is 6. The Labute approximate surface area is 115 Å². The van der Waals surface area contributed by atoms with Gasteiger partial charge in [0.1, 0.15) is 0 Å². The van der Waals surface area contributed by atoms with E-state index in [1.807, 2.05) is 0 Å². The van der Waals surface area contributed by atoms with Crippen molar-refractivity contribution in [3.05, 3.63) is 5.82 Å². The molecule has 0 fully saturated rings. The van der Waals surface area contributed by atoms with E-state index in [9.17, 15) is 13.2 Å². The summed E-state index contributed by atoms with van der Waals surface area (Å²) in [5.74, 6) is -1.08. The maximum atomic E-state index is 12.3. The van der Waals surface area contributed by atoms with E-state index >= 15 is 0 Å². The molecule has 0 spiro atoms. The molecule has 0 amide bonds. The maximum absolute atomic E-state index is 12.3. The first-order valence-electron chi connectivity index (χ1n) is 6.12. The smallest absolute Gasteiger partial charge is 0.359 e. The van der Waals surface area contributed by atoms with Crippen molar-refractivity contribution >= 4 is 16.7 Å². The second-order valence-corrected chi connectivity index (χ2v) is 5.52. The molecule has 0 bridgehead atoms. The SMILES string of the molecule is CC(C)N(CCNc1nc(C(F)(F)F)ns1)C(C)C. The van der Waals surface area contributed by atoms with Crippen LogP contribution in [-0.2, 0) is 6.18 Å². The molecule has 19 heavy (non-hydrogen) atoms. The average molecular weight is 296 g/mol. The largest absolute Gasteiger partial charge is 0.452 e. The van der Waals surface area contributed by atoms with Crippen LogP contribution in [0.1, 0.15) is 33.5 Å². The van der Waals surface area contributed by atoms with Gasteiger partial charge in [-0.2, -0.15) is 22.5 Å². The zero-order valence-electron chi connectivity index (χ0n) is 11.5. The van der Waals surface area contributed by atoms with Crippen molar-refractivity contribution < 1.29 is 13.2 Å². The standard InChI is InChI=1S/C11H19F3N4S/c1-7(2)18(8(3)4)6-5-15-10-16-9(17-19-10)11(12,13)14/h7-8H,5-6H2,1-4H3,(H,15,16,17). The number of nitrogens with zero attached hydrogens (tertiary/aromatic N) is 3. The molecule has 0 aliphatic carbocycles. The normalized spacial score (nSPS) is 12.7. The fourth-order valence-corrected chi connectivity index (χ4v) is 2.43. The predicted octanol–water partition coefficient (Wildman–Crippen LogP) is 3.09. The second kappa shape index (κ2) is 6.51. The minimum Gasteiger partial charge on any atom is -0.359 e. The topological polar surface area (TPSA) is 41.0 Å². The summed E-state index contributed by atoms with van der Waals surface area (Å²) in [6.07, 6.45) is -4.47. The van der Waals surface area contributed by atoms with Crippen molar-refractivity contribution in [2.75, 3.05) is 18.4 Å². The quantitative estimate of drug-likeness (QED) is 0.876. The Morgan fingerprint density at radius 2 is 1.79 bits per heavy atom. The Kier molecular flexibility index (Phi) is 5.54. The Balaban J connectivity index is 2.47. The lowest BCUT2D eigenvalue weighted by atomic mass is 10.2. The first-order valence-corrected chi connectivity index (χ1v) is 6.89. The molecule has 1 aromatic rings. The summed E-state index contributed by atoms with van der Waals surface area (Å²) in [7, 11) is 0. The van der Waals surface area contributed by atoms with Crippen LogP contribution >= 0.6 is 11.5 Å². The molecule has 1 N–H and O–H groups in total. The number of nitrogens with one attached hydrogen (secondary N) is 1. The van der Waals surface area contributed by atoms with E-state index in [0.717, 1.165) is 18.1 Å². The molecule has 0 aliphatic rings. The van der Waals surface area contributed by atoms with Gasteiger partial charge in [-0.25, -0.2) is 0 Å². The van der Waals surface area contributed by atoms with Crippen molar-refractivity contribution in [1.82, 2.24) is 14.3 Å². The van der Waals surface area contributed by atoms with Gasteiger partial charge in [0.15, 0.2) is 0 Å². The third kappa shape index (κ3) is 4.94. The number of anilines is 1. The van der Waals surface area contributed by atoms with Crippen LogP contribution in [-0.4, -0.2) is 39.4 Å². The lowest BCUT2D eigenvalue weighted by molar-refractivity contribution is -0.144. The number of alkyl halides is 3. The van der Waals surface area contributed by atoms with Crippen LogP contribution in [0.25, 0.3) is 0 Å². The third-order valence-corrected chi connectivity index (χ3v) is 3.33. The van der Waals surface area contributed by atoms with E-state index in [4.69, 9.17) is 0 Å². The van der Waals surface area contributed by atoms with Gasteiger partial charge >= 0.3 is 6.18 Å². The molecule has 8 heteroatoms. The molecule has 110 valence electrons. The molecule has 1 aromatic heterocycles. The summed E-state index contributed by atoms with van der Waals surface area (Å²) >= 11 is 0.734. The van der Waals surface area contributed by atoms with E-state index in [1.54, 1.807) is 0 Å². The van der Waals surface area contributed by atoms with Crippen LogP contribution < -0.4 is 5.32 Å². The fraction of sp³-hybridized carbons (Fsp3) is 0.818. The summed E-state index contributed by atoms with van der Waals surface area (Å²) in [4.78, 5) is 5.67. The highest BCUT2D eigenvalue weighted by atomic mass is 32.1. The maximum Gasteiger partial charge on any atom is 0.452 e. The van der Waals surface area contributed by atoms with Crippen LogP contribution in [0.3, 0.4) is 0 Å². The van der Waals surface area contributed by atoms with Crippen LogP contribution in [0.15, 0.2) is 0 Å². The van der Waals surface area contributed by atoms with Crippen LogP contribution in [0.5, 0.6) is 0 Å². The minimum absolute atomic E-state index is 0.208. The Morgan fingerprint density at radius 1 is 1.21 bits per heavy atom. The Bertz CT molecular complexity index is 382. The van der Waals surface area contributed by atoms with Crippen molar-refractivity contribution in [2.45, 2.75) is 46.0 Å². The molecule has 0 aliphatic heterocycles. The monoisotopic (exact) mass is 296 g/mol. The number of hydrogen-bond acceptors (Lipinski definition) is 5. The second-order valence-electron chi connectivity index (χ2n) is 4.77. The van der Waals surface area contributed by atoms with Crippen molar-refractivity contribution in [2.24, 2.45) is 0 Å². The first-order chi connectivity index (χ1) is 8.71. The van der Waals surface area contributed by atoms with Gasteiger partial charge in [-0.05, 0) is 27.7 Å². The van der Waals surface area contributed by atoms with Crippen molar-refractivity contribution in [3.63, 3.8) is 0 Å². The van der Waals surface area contributed by atoms with Crippen molar-refractivity contribution in [3.8, 4) is 0 Å². The molecule has 4 nitrogen and oxygen atoms in total. The van der Waals surface area contributed by atoms with Gasteiger partial charge in [-0.1, -0.05) is 0 Å². The Hall–Kier alpha value is -0.890. The molecule has 0 saturated heterocycles. The fourth-order valence-electron chi connectivity index (χ4n) is 1.82.